The van der Waals surface area contributed by atoms with Crippen LogP contribution in [0.3, 0.4) is 0 Å². The van der Waals surface area contributed by atoms with Gasteiger partial charge < -0.3 is 18.6 Å². The summed E-state index contributed by atoms with van der Waals surface area (Å²) in [7, 11) is -0.626. The number of allylic oxidation sites excluding steroid dienone is 6. The van der Waals surface area contributed by atoms with Gasteiger partial charge in [0, 0.05) is 24.4 Å². The van der Waals surface area contributed by atoms with E-state index >= 15 is 0 Å². The number of carbonyl (C=O) groups is 1. The molecule has 4 aromatic rings. The van der Waals surface area contributed by atoms with Gasteiger partial charge in [-0.25, -0.2) is 19.3 Å². The first-order valence-electron chi connectivity index (χ1n) is 16.0. The molecule has 1 fully saturated rings. The van der Waals surface area contributed by atoms with Crippen LogP contribution in [0.25, 0.3) is 28.3 Å². The lowest BCUT2D eigenvalue weighted by Crippen LogP contribution is -2.49. The van der Waals surface area contributed by atoms with Gasteiger partial charge >= 0.3 is 13.1 Å². The molecule has 0 radical (unpaired) electrons. The summed E-state index contributed by atoms with van der Waals surface area (Å²) in [6, 6.07) is 21.6. The van der Waals surface area contributed by atoms with Crippen molar-refractivity contribution in [3.8, 4) is 22.8 Å². The van der Waals surface area contributed by atoms with E-state index < -0.39 is 12.7 Å². The largest absolute Gasteiger partial charge is 0.494 e. The maximum atomic E-state index is 14.2. The predicted octanol–water partition coefficient (Wildman–Crippen LogP) is 6.90. The van der Waals surface area contributed by atoms with Crippen LogP contribution >= 0.6 is 0 Å². The van der Waals surface area contributed by atoms with Crippen LogP contribution in [-0.4, -0.2) is 50.4 Å². The van der Waals surface area contributed by atoms with E-state index in [0.29, 0.717) is 37.2 Å². The molecule has 3 heterocycles. The molecule has 240 valence electrons. The van der Waals surface area contributed by atoms with E-state index in [9.17, 15) is 9.18 Å². The molecule has 0 N–H and O–H groups in total. The smallest absolute Gasteiger partial charge is 0.460 e. The van der Waals surface area contributed by atoms with Crippen molar-refractivity contribution >= 4 is 24.1 Å². The number of hydrogen-bond acceptors (Lipinski definition) is 7. The van der Waals surface area contributed by atoms with Crippen LogP contribution in [0.5, 0.6) is 0 Å². The molecule has 2 aromatic heterocycles. The van der Waals surface area contributed by atoms with Crippen LogP contribution in [0, 0.1) is 0 Å². The van der Waals surface area contributed by atoms with Crippen molar-refractivity contribution in [3.63, 3.8) is 0 Å². The molecular weight excluding hydrogens is 594 g/mol. The molecule has 0 spiro atoms. The van der Waals surface area contributed by atoms with Crippen molar-refractivity contribution in [2.45, 2.75) is 70.8 Å². The minimum absolute atomic E-state index is 0.127. The lowest BCUT2D eigenvalue weighted by Gasteiger charge is -2.35. The summed E-state index contributed by atoms with van der Waals surface area (Å²) in [5.41, 5.74) is 4.26. The normalized spacial score (nSPS) is 18.3. The number of hydrogen-bond donors (Lipinski definition) is 0. The van der Waals surface area contributed by atoms with Crippen molar-refractivity contribution in [3.05, 3.63) is 115 Å². The average molecular weight is 633 g/mol. The summed E-state index contributed by atoms with van der Waals surface area (Å²) in [5.74, 6) is 0.175. The fourth-order valence-corrected chi connectivity index (χ4v) is 5.86. The molecular formula is C37H38BFN4O4. The Morgan fingerprint density at radius 2 is 1.74 bits per heavy atom. The first kappa shape index (κ1) is 32.3. The van der Waals surface area contributed by atoms with Gasteiger partial charge in [-0.15, -0.1) is 0 Å². The summed E-state index contributed by atoms with van der Waals surface area (Å²) in [6.07, 6.45) is 11.1. The predicted molar refractivity (Wildman–Crippen MR) is 181 cm³/mol. The average Bonchev–Trinajstić information content (AvgIpc) is 3.31. The van der Waals surface area contributed by atoms with Crippen molar-refractivity contribution < 1.29 is 23.2 Å². The van der Waals surface area contributed by atoms with Crippen molar-refractivity contribution in [2.75, 3.05) is 0 Å². The number of benzene rings is 2. The fraction of sp³-hybridized carbons (Fsp3) is 0.297. The Hall–Kier alpha value is -4.67. The van der Waals surface area contributed by atoms with Gasteiger partial charge in [0.25, 0.3) is 0 Å². The number of nitrogens with zero attached hydrogens (tertiary/aromatic N) is 4. The van der Waals surface area contributed by atoms with Gasteiger partial charge in [-0.2, -0.15) is 0 Å². The second-order valence-corrected chi connectivity index (χ2v) is 12.6. The summed E-state index contributed by atoms with van der Waals surface area (Å²) >= 11 is 0. The van der Waals surface area contributed by atoms with Crippen LogP contribution in [0.1, 0.15) is 52.1 Å². The molecule has 8 nitrogen and oxygen atoms in total. The van der Waals surface area contributed by atoms with E-state index in [1.165, 1.54) is 12.4 Å². The molecule has 1 saturated heterocycles. The van der Waals surface area contributed by atoms with E-state index in [2.05, 4.69) is 14.5 Å². The highest BCUT2D eigenvalue weighted by Gasteiger charge is 2.37. The Bertz CT molecular complexity index is 1770. The van der Waals surface area contributed by atoms with E-state index in [0.717, 1.165) is 28.1 Å². The summed E-state index contributed by atoms with van der Waals surface area (Å²) < 4.78 is 34.9. The number of imidazole rings is 1. The van der Waals surface area contributed by atoms with Crippen LogP contribution in [0.15, 0.2) is 109 Å². The lowest BCUT2D eigenvalue weighted by molar-refractivity contribution is -0.157. The fourth-order valence-electron chi connectivity index (χ4n) is 5.86. The van der Waals surface area contributed by atoms with Crippen LogP contribution in [0.2, 0.25) is 0 Å². The minimum atomic E-state index is -0.626. The highest BCUT2D eigenvalue weighted by Crippen LogP contribution is 2.35. The second-order valence-electron chi connectivity index (χ2n) is 12.6. The molecule has 1 aliphatic carbocycles. The molecule has 6 rings (SSSR count). The molecule has 47 heavy (non-hydrogen) atoms. The molecule has 2 unspecified atom stereocenters. The van der Waals surface area contributed by atoms with Crippen molar-refractivity contribution in [2.24, 2.45) is 0 Å². The van der Waals surface area contributed by atoms with Crippen molar-refractivity contribution in [1.82, 2.24) is 19.5 Å². The van der Waals surface area contributed by atoms with Crippen molar-refractivity contribution in [1.29, 1.82) is 0 Å². The van der Waals surface area contributed by atoms with Gasteiger partial charge in [-0.3, -0.25) is 4.79 Å². The molecule has 1 aliphatic heterocycles. The van der Waals surface area contributed by atoms with Gasteiger partial charge in [0.2, 0.25) is 0 Å². The molecule has 2 aromatic carbocycles. The molecule has 10 heteroatoms. The number of rotatable bonds is 9. The van der Waals surface area contributed by atoms with E-state index in [1.54, 1.807) is 18.3 Å². The molecule has 2 atom stereocenters. The third-order valence-corrected chi connectivity index (χ3v) is 7.89. The first-order chi connectivity index (χ1) is 22.7. The Morgan fingerprint density at radius 1 is 1.00 bits per heavy atom. The zero-order valence-corrected chi connectivity index (χ0v) is 26.9. The van der Waals surface area contributed by atoms with E-state index in [4.69, 9.17) is 19.0 Å². The standard InChI is InChI=1S/C37H38BFN4O4/c1-37(2,3)45-33(44)24-31-23-30(46-38(47-31)28-14-8-5-9-15-28)20-22-43-35(32-19-21-40-25-41-32)34(26-13-10-16-29(39)18-17-26)42-36(43)27-11-6-4-7-12-27/h4-9,11-19,21,25,30-31H,10,20,22-24H2,1-3H3. The molecule has 0 saturated carbocycles. The monoisotopic (exact) mass is 632 g/mol. The van der Waals surface area contributed by atoms with Gasteiger partial charge in [0.05, 0.1) is 29.6 Å². The van der Waals surface area contributed by atoms with Gasteiger partial charge in [0.15, 0.2) is 0 Å². The topological polar surface area (TPSA) is 88.4 Å². The van der Waals surface area contributed by atoms with E-state index in [1.807, 2.05) is 93.6 Å². The number of carbonyl (C=O) groups excluding carboxylic acids is 1. The Morgan fingerprint density at radius 3 is 2.47 bits per heavy atom. The van der Waals surface area contributed by atoms with Gasteiger partial charge in [0.1, 0.15) is 23.6 Å². The quantitative estimate of drug-likeness (QED) is 0.147. The zero-order chi connectivity index (χ0) is 32.8. The number of aromatic nitrogens is 4. The summed E-state index contributed by atoms with van der Waals surface area (Å²) in [4.78, 5) is 26.8. The Labute approximate surface area is 275 Å². The zero-order valence-electron chi connectivity index (χ0n) is 26.9. The number of halogens is 1. The highest BCUT2D eigenvalue weighted by atomic mass is 19.1. The Kier molecular flexibility index (Phi) is 9.89. The van der Waals surface area contributed by atoms with Crippen LogP contribution in [0.4, 0.5) is 4.39 Å². The summed E-state index contributed by atoms with van der Waals surface area (Å²) in [5, 5.41) is 0. The highest BCUT2D eigenvalue weighted by molar-refractivity contribution is 6.61. The number of esters is 1. The molecule has 0 amide bonds. The van der Waals surface area contributed by atoms with Crippen LogP contribution in [-0.2, 0) is 25.4 Å². The second kappa shape index (κ2) is 14.4. The maximum Gasteiger partial charge on any atom is 0.494 e. The molecule has 2 aliphatic rings. The van der Waals surface area contributed by atoms with Crippen LogP contribution < -0.4 is 5.46 Å². The first-order valence-corrected chi connectivity index (χ1v) is 16.0. The maximum absolute atomic E-state index is 14.2. The van der Waals surface area contributed by atoms with Gasteiger partial charge in [-0.1, -0.05) is 72.8 Å². The summed E-state index contributed by atoms with van der Waals surface area (Å²) in [6.45, 7) is 6.11. The third kappa shape index (κ3) is 8.20. The SMILES string of the molecule is CC(C)(C)OC(=O)CC1CC(CCn2c(-c3ccccc3)nc(C3=CCC=C(F)C=C3)c2-c2ccncn2)OB(c2ccccc2)O1. The van der Waals surface area contributed by atoms with E-state index in [-0.39, 0.29) is 30.4 Å². The van der Waals surface area contributed by atoms with Gasteiger partial charge in [-0.05, 0) is 69.3 Å². The lowest BCUT2D eigenvalue weighted by atomic mass is 9.76. The number of ether oxygens (including phenoxy) is 1. The minimum Gasteiger partial charge on any atom is -0.460 e. The Balaban J connectivity index is 1.36. The third-order valence-electron chi connectivity index (χ3n) is 7.89. The molecule has 0 bridgehead atoms.